The molecule has 1 aromatic heterocycles. The number of anilines is 1. The number of morpholine rings is 1. The van der Waals surface area contributed by atoms with Crippen molar-refractivity contribution in [3.63, 3.8) is 0 Å². The van der Waals surface area contributed by atoms with Gasteiger partial charge in [-0.15, -0.1) is 0 Å². The summed E-state index contributed by atoms with van der Waals surface area (Å²) in [6.45, 7) is 7.34. The fourth-order valence-corrected chi connectivity index (χ4v) is 3.13. The van der Waals surface area contributed by atoms with E-state index in [0.717, 1.165) is 55.1 Å². The second kappa shape index (κ2) is 6.88. The first-order valence-electron chi connectivity index (χ1n) is 8.00. The van der Waals surface area contributed by atoms with Gasteiger partial charge in [0.1, 0.15) is 0 Å². The minimum atomic E-state index is -0.441. The van der Waals surface area contributed by atoms with Crippen molar-refractivity contribution in [3.8, 4) is 5.69 Å². The number of rotatable bonds is 4. The average Bonchev–Trinajstić information content (AvgIpc) is 2.88. The van der Waals surface area contributed by atoms with Crippen LogP contribution in [0.15, 0.2) is 36.5 Å². The predicted octanol–water partition coefficient (Wildman–Crippen LogP) is 3.18. The quantitative estimate of drug-likeness (QED) is 0.639. The number of aromatic nitrogens is 1. The lowest BCUT2D eigenvalue weighted by molar-refractivity contribution is -0.400. The second-order valence-electron chi connectivity index (χ2n) is 5.88. The minimum Gasteiger partial charge on any atom is -0.378 e. The van der Waals surface area contributed by atoms with Crippen molar-refractivity contribution in [2.24, 2.45) is 0 Å². The van der Waals surface area contributed by atoms with Crippen LogP contribution in [-0.2, 0) is 4.74 Å². The molecule has 0 aliphatic carbocycles. The van der Waals surface area contributed by atoms with Crippen LogP contribution in [0.2, 0.25) is 0 Å². The maximum absolute atomic E-state index is 10.5. The van der Waals surface area contributed by atoms with Gasteiger partial charge >= 0.3 is 0 Å². The molecule has 2 heterocycles. The van der Waals surface area contributed by atoms with Crippen LogP contribution >= 0.6 is 0 Å². The Hall–Kier alpha value is -2.60. The summed E-state index contributed by atoms with van der Waals surface area (Å²) in [4.78, 5) is 12.4. The largest absolute Gasteiger partial charge is 0.378 e. The van der Waals surface area contributed by atoms with Crippen LogP contribution in [0.25, 0.3) is 11.8 Å². The molecular formula is C18H21N3O3. The standard InChI is InChI=1S/C18H21N3O3/c1-14-13-16(7-8-20(22)23)15(2)21(14)18-5-3-17(4-6-18)19-9-11-24-12-10-19/h3-8,13H,9-12H2,1-2H3/b8-7+. The van der Waals surface area contributed by atoms with Gasteiger partial charge in [-0.3, -0.25) is 10.1 Å². The first kappa shape index (κ1) is 16.3. The highest BCUT2D eigenvalue weighted by molar-refractivity contribution is 5.57. The molecule has 1 aliphatic heterocycles. The third kappa shape index (κ3) is 3.33. The topological polar surface area (TPSA) is 60.5 Å². The zero-order valence-electron chi connectivity index (χ0n) is 13.9. The molecule has 0 radical (unpaired) electrons. The minimum absolute atomic E-state index is 0.441. The van der Waals surface area contributed by atoms with Crippen LogP contribution in [0.3, 0.4) is 0 Å². The van der Waals surface area contributed by atoms with Crippen LogP contribution in [0.5, 0.6) is 0 Å². The van der Waals surface area contributed by atoms with Crippen molar-refractivity contribution < 1.29 is 9.66 Å². The zero-order chi connectivity index (χ0) is 17.1. The molecule has 0 unspecified atom stereocenters. The van der Waals surface area contributed by atoms with E-state index < -0.39 is 4.92 Å². The van der Waals surface area contributed by atoms with Gasteiger partial charge in [0.15, 0.2) is 0 Å². The van der Waals surface area contributed by atoms with E-state index in [1.54, 1.807) is 6.08 Å². The summed E-state index contributed by atoms with van der Waals surface area (Å²) in [5, 5.41) is 10.5. The summed E-state index contributed by atoms with van der Waals surface area (Å²) in [6.07, 6.45) is 2.52. The lowest BCUT2D eigenvalue weighted by Gasteiger charge is -2.29. The number of aryl methyl sites for hydroxylation is 1. The SMILES string of the molecule is Cc1cc(/C=C/[N+](=O)[O-])c(C)n1-c1ccc(N2CCOCC2)cc1. The molecule has 0 amide bonds. The van der Waals surface area contributed by atoms with Crippen molar-refractivity contribution >= 4 is 11.8 Å². The van der Waals surface area contributed by atoms with E-state index in [0.29, 0.717) is 0 Å². The van der Waals surface area contributed by atoms with Crippen LogP contribution in [0.1, 0.15) is 17.0 Å². The zero-order valence-corrected chi connectivity index (χ0v) is 13.9. The normalized spacial score (nSPS) is 15.2. The summed E-state index contributed by atoms with van der Waals surface area (Å²) in [5.74, 6) is 0. The van der Waals surface area contributed by atoms with Crippen molar-refractivity contribution in [1.29, 1.82) is 0 Å². The van der Waals surface area contributed by atoms with Gasteiger partial charge < -0.3 is 14.2 Å². The molecule has 0 bridgehead atoms. The Morgan fingerprint density at radius 3 is 2.38 bits per heavy atom. The molecule has 2 aromatic rings. The Labute approximate surface area is 141 Å². The molecule has 24 heavy (non-hydrogen) atoms. The van der Waals surface area contributed by atoms with E-state index in [-0.39, 0.29) is 0 Å². The molecule has 0 spiro atoms. The van der Waals surface area contributed by atoms with Gasteiger partial charge in [-0.2, -0.15) is 0 Å². The molecule has 1 saturated heterocycles. The molecule has 1 fully saturated rings. The van der Waals surface area contributed by atoms with E-state index in [4.69, 9.17) is 4.74 Å². The fourth-order valence-electron chi connectivity index (χ4n) is 3.13. The van der Waals surface area contributed by atoms with E-state index in [2.05, 4.69) is 33.7 Å². The Morgan fingerprint density at radius 2 is 1.75 bits per heavy atom. The van der Waals surface area contributed by atoms with Crippen molar-refractivity contribution in [3.05, 3.63) is 63.6 Å². The van der Waals surface area contributed by atoms with E-state index in [9.17, 15) is 10.1 Å². The Bertz CT molecular complexity index is 757. The van der Waals surface area contributed by atoms with Gasteiger partial charge in [-0.1, -0.05) is 0 Å². The van der Waals surface area contributed by atoms with E-state index in [1.165, 1.54) is 5.69 Å². The van der Waals surface area contributed by atoms with Gasteiger partial charge in [-0.25, -0.2) is 0 Å². The molecule has 0 atom stereocenters. The molecule has 126 valence electrons. The van der Waals surface area contributed by atoms with Gasteiger partial charge in [0.2, 0.25) is 6.20 Å². The predicted molar refractivity (Wildman–Crippen MR) is 94.3 cm³/mol. The number of benzene rings is 1. The Balaban J connectivity index is 1.87. The third-order valence-electron chi connectivity index (χ3n) is 4.33. The summed E-state index contributed by atoms with van der Waals surface area (Å²) >= 11 is 0. The van der Waals surface area contributed by atoms with Gasteiger partial charge in [0.25, 0.3) is 0 Å². The van der Waals surface area contributed by atoms with Gasteiger partial charge in [0.05, 0.1) is 18.1 Å². The highest BCUT2D eigenvalue weighted by Gasteiger charge is 2.13. The van der Waals surface area contributed by atoms with Crippen molar-refractivity contribution in [2.45, 2.75) is 13.8 Å². The summed E-state index contributed by atoms with van der Waals surface area (Å²) in [5.41, 5.74) is 5.15. The Kier molecular flexibility index (Phi) is 4.66. The van der Waals surface area contributed by atoms with Gasteiger partial charge in [-0.05, 0) is 44.2 Å². The molecule has 6 heteroatoms. The molecule has 6 nitrogen and oxygen atoms in total. The highest BCUT2D eigenvalue weighted by atomic mass is 16.6. The summed E-state index contributed by atoms with van der Waals surface area (Å²) < 4.78 is 7.50. The maximum atomic E-state index is 10.5. The number of hydrogen-bond donors (Lipinski definition) is 0. The second-order valence-corrected chi connectivity index (χ2v) is 5.88. The van der Waals surface area contributed by atoms with Crippen LogP contribution in [-0.4, -0.2) is 35.8 Å². The lowest BCUT2D eigenvalue weighted by atomic mass is 10.2. The van der Waals surface area contributed by atoms with Crippen molar-refractivity contribution in [2.75, 3.05) is 31.2 Å². The molecule has 1 aromatic carbocycles. The lowest BCUT2D eigenvalue weighted by Crippen LogP contribution is -2.36. The highest BCUT2D eigenvalue weighted by Crippen LogP contribution is 2.24. The van der Waals surface area contributed by atoms with Crippen LogP contribution < -0.4 is 4.90 Å². The molecule has 3 rings (SSSR count). The average molecular weight is 327 g/mol. The monoisotopic (exact) mass is 327 g/mol. The molecule has 0 saturated carbocycles. The van der Waals surface area contributed by atoms with Crippen LogP contribution in [0.4, 0.5) is 5.69 Å². The van der Waals surface area contributed by atoms with Gasteiger partial charge in [0, 0.05) is 47.5 Å². The van der Waals surface area contributed by atoms with Crippen LogP contribution in [0, 0.1) is 24.0 Å². The number of nitro groups is 1. The summed E-state index contributed by atoms with van der Waals surface area (Å²) in [7, 11) is 0. The first-order chi connectivity index (χ1) is 11.6. The number of hydrogen-bond acceptors (Lipinski definition) is 4. The van der Waals surface area contributed by atoms with E-state index in [1.807, 2.05) is 19.9 Å². The molecule has 1 aliphatic rings. The number of nitrogens with zero attached hydrogens (tertiary/aromatic N) is 3. The smallest absolute Gasteiger partial charge is 0.235 e. The first-order valence-corrected chi connectivity index (χ1v) is 8.00. The maximum Gasteiger partial charge on any atom is 0.235 e. The molecule has 0 N–H and O–H groups in total. The fraction of sp³-hybridized carbons (Fsp3) is 0.333. The number of ether oxygens (including phenoxy) is 1. The molecular weight excluding hydrogens is 306 g/mol. The Morgan fingerprint density at radius 1 is 1.12 bits per heavy atom. The third-order valence-corrected chi connectivity index (χ3v) is 4.33. The van der Waals surface area contributed by atoms with E-state index >= 15 is 0 Å². The van der Waals surface area contributed by atoms with Crippen molar-refractivity contribution in [1.82, 2.24) is 4.57 Å². The summed E-state index contributed by atoms with van der Waals surface area (Å²) in [6, 6.07) is 10.4.